The van der Waals surface area contributed by atoms with E-state index in [1.807, 2.05) is 0 Å². The lowest BCUT2D eigenvalue weighted by molar-refractivity contribution is 0.101. The Labute approximate surface area is 182 Å². The van der Waals surface area contributed by atoms with E-state index in [-0.39, 0.29) is 22.1 Å². The van der Waals surface area contributed by atoms with Gasteiger partial charge in [-0.05, 0) is 36.2 Å². The van der Waals surface area contributed by atoms with Gasteiger partial charge in [-0.3, -0.25) is 4.79 Å². The van der Waals surface area contributed by atoms with Crippen LogP contribution in [-0.4, -0.2) is 20.7 Å². The molecule has 6 nitrogen and oxygen atoms in total. The number of benzene rings is 2. The number of anilines is 1. The van der Waals surface area contributed by atoms with Gasteiger partial charge in [0.05, 0.1) is 4.90 Å². The first kappa shape index (κ1) is 21.8. The van der Waals surface area contributed by atoms with Gasteiger partial charge in [-0.15, -0.1) is 0 Å². The van der Waals surface area contributed by atoms with Crippen LogP contribution in [0.1, 0.15) is 21.6 Å². The third-order valence-corrected chi connectivity index (χ3v) is 6.65. The molecule has 0 bridgehead atoms. The first-order valence-corrected chi connectivity index (χ1v) is 11.1. The van der Waals surface area contributed by atoms with Crippen molar-refractivity contribution in [2.24, 2.45) is 7.05 Å². The number of hydrogen-bond donors (Lipinski definition) is 3. The Hall–Kier alpha value is -3.37. The van der Waals surface area contributed by atoms with Crippen LogP contribution in [0.25, 0.3) is 6.08 Å². The monoisotopic (exact) mass is 460 g/mol. The molecule has 0 aliphatic carbocycles. The zero-order chi connectivity index (χ0) is 23.0. The predicted molar refractivity (Wildman–Crippen MR) is 115 cm³/mol. The number of nitrogens with zero attached hydrogens (tertiary/aromatic N) is 1. The van der Waals surface area contributed by atoms with Crippen molar-refractivity contribution in [3.63, 3.8) is 0 Å². The minimum absolute atomic E-state index is 0.0559. The highest BCUT2D eigenvalue weighted by molar-refractivity contribution is 7.90. The average Bonchev–Trinajstić information content (AvgIpc) is 3.02. The van der Waals surface area contributed by atoms with Crippen molar-refractivity contribution in [1.82, 2.24) is 9.29 Å². The van der Waals surface area contributed by atoms with Crippen molar-refractivity contribution in [3.05, 3.63) is 89.0 Å². The molecule has 2 atom stereocenters. The molecule has 32 heavy (non-hydrogen) atoms. The Bertz CT molecular complexity index is 1330. The molecule has 0 fully saturated rings. The van der Waals surface area contributed by atoms with E-state index in [2.05, 4.69) is 10.0 Å². The molecule has 0 spiro atoms. The van der Waals surface area contributed by atoms with E-state index in [0.29, 0.717) is 12.0 Å². The van der Waals surface area contributed by atoms with Gasteiger partial charge in [0.1, 0.15) is 21.4 Å². The number of carbonyl (C=O) groups is 1. The number of fused-ring (bicyclic) bond motifs is 1. The minimum Gasteiger partial charge on any atom is -0.345 e. The molecule has 2 aromatic carbocycles. The SMILES string of the molecule is Cn1cc2c(c1C(=O)Nc1ccc(F)c(F)c1)C=C[C@H](Cc1ccc(F)cc1)NS2(=N)=O. The second-order valence-electron chi connectivity index (χ2n) is 7.42. The molecule has 0 saturated carbocycles. The van der Waals surface area contributed by atoms with Gasteiger partial charge in [0.15, 0.2) is 11.6 Å². The van der Waals surface area contributed by atoms with Gasteiger partial charge in [0, 0.05) is 36.6 Å². The van der Waals surface area contributed by atoms with Gasteiger partial charge < -0.3 is 9.88 Å². The van der Waals surface area contributed by atoms with Gasteiger partial charge in [-0.1, -0.05) is 24.3 Å². The van der Waals surface area contributed by atoms with Crippen molar-refractivity contribution < 1.29 is 22.2 Å². The van der Waals surface area contributed by atoms with Crippen molar-refractivity contribution >= 4 is 27.6 Å². The van der Waals surface area contributed by atoms with Crippen LogP contribution in [0.2, 0.25) is 0 Å². The summed E-state index contributed by atoms with van der Waals surface area (Å²) in [7, 11) is -1.91. The molecule has 0 radical (unpaired) electrons. The fourth-order valence-corrected chi connectivity index (χ4v) is 5.06. The fraction of sp³-hybridized carbons (Fsp3) is 0.136. The standard InChI is InChI=1S/C22H19F3N4O2S/c1-29-12-20-17(21(29)22(30)27-15-7-9-18(24)19(25)11-15)8-6-16(28-32(20,26)31)10-13-2-4-14(23)5-3-13/h2-9,11-12,16H,10H2,1H3,(H,27,30)(H2,26,28,31)/t16-,32?/m1/s1. The first-order chi connectivity index (χ1) is 15.1. The summed E-state index contributed by atoms with van der Waals surface area (Å²) in [6, 6.07) is 8.35. The Morgan fingerprint density at radius 2 is 1.88 bits per heavy atom. The zero-order valence-corrected chi connectivity index (χ0v) is 17.7. The van der Waals surface area contributed by atoms with E-state index in [1.165, 1.54) is 29.0 Å². The van der Waals surface area contributed by atoms with Crippen molar-refractivity contribution in [1.29, 1.82) is 4.78 Å². The summed E-state index contributed by atoms with van der Waals surface area (Å²) in [5.74, 6) is -3.13. The molecule has 2 heterocycles. The third-order valence-electron chi connectivity index (χ3n) is 5.07. The van der Waals surface area contributed by atoms with E-state index in [9.17, 15) is 22.2 Å². The number of aryl methyl sites for hydroxylation is 1. The molecule has 4 rings (SSSR count). The lowest BCUT2D eigenvalue weighted by atomic mass is 10.1. The summed E-state index contributed by atoms with van der Waals surface area (Å²) < 4.78 is 65.6. The molecule has 1 unspecified atom stereocenters. The second-order valence-corrected chi connectivity index (χ2v) is 9.21. The van der Waals surface area contributed by atoms with E-state index in [4.69, 9.17) is 4.78 Å². The number of rotatable bonds is 4. The molecule has 3 aromatic rings. The van der Waals surface area contributed by atoms with Gasteiger partial charge in [0.25, 0.3) is 5.91 Å². The Morgan fingerprint density at radius 1 is 1.16 bits per heavy atom. The largest absolute Gasteiger partial charge is 0.345 e. The summed E-state index contributed by atoms with van der Waals surface area (Å²) in [5.41, 5.74) is 1.25. The Kier molecular flexibility index (Phi) is 5.66. The normalized spacial score (nSPS) is 19.9. The van der Waals surface area contributed by atoms with Crippen LogP contribution >= 0.6 is 0 Å². The maximum atomic E-state index is 13.5. The van der Waals surface area contributed by atoms with E-state index >= 15 is 0 Å². The molecule has 10 heteroatoms. The number of nitrogens with one attached hydrogen (secondary N) is 3. The van der Waals surface area contributed by atoms with Gasteiger partial charge in [-0.25, -0.2) is 26.9 Å². The van der Waals surface area contributed by atoms with Crippen LogP contribution in [0.4, 0.5) is 18.9 Å². The molecular formula is C22H19F3N4O2S. The van der Waals surface area contributed by atoms with Gasteiger partial charge in [-0.2, -0.15) is 0 Å². The minimum atomic E-state index is -3.47. The molecule has 1 amide bonds. The van der Waals surface area contributed by atoms with Crippen LogP contribution in [0.15, 0.2) is 59.6 Å². The van der Waals surface area contributed by atoms with Crippen molar-refractivity contribution in [2.75, 3.05) is 5.32 Å². The molecule has 0 saturated heterocycles. The maximum Gasteiger partial charge on any atom is 0.272 e. The topological polar surface area (TPSA) is 87.0 Å². The van der Waals surface area contributed by atoms with Crippen LogP contribution < -0.4 is 10.0 Å². The molecule has 166 valence electrons. The molecule has 1 aromatic heterocycles. The smallest absolute Gasteiger partial charge is 0.272 e. The lowest BCUT2D eigenvalue weighted by Crippen LogP contribution is -2.33. The lowest BCUT2D eigenvalue weighted by Gasteiger charge is -2.15. The molecule has 1 aliphatic rings. The molecule has 1 aliphatic heterocycles. The molecular weight excluding hydrogens is 441 g/mol. The second kappa shape index (κ2) is 8.29. The number of aromatic nitrogens is 1. The zero-order valence-electron chi connectivity index (χ0n) is 16.9. The fourth-order valence-electron chi connectivity index (χ4n) is 3.57. The Balaban J connectivity index is 1.65. The van der Waals surface area contributed by atoms with Gasteiger partial charge in [0.2, 0.25) is 0 Å². The van der Waals surface area contributed by atoms with E-state index in [1.54, 1.807) is 31.3 Å². The summed E-state index contributed by atoms with van der Waals surface area (Å²) in [4.78, 5) is 13.0. The highest BCUT2D eigenvalue weighted by Crippen LogP contribution is 2.28. The summed E-state index contributed by atoms with van der Waals surface area (Å²) in [6.07, 6.45) is 5.09. The number of halogens is 3. The van der Waals surface area contributed by atoms with Crippen LogP contribution in [0, 0.1) is 22.2 Å². The molecule has 3 N–H and O–H groups in total. The summed E-state index contributed by atoms with van der Waals surface area (Å²) >= 11 is 0. The van der Waals surface area contributed by atoms with Crippen molar-refractivity contribution in [3.8, 4) is 0 Å². The highest BCUT2D eigenvalue weighted by Gasteiger charge is 2.28. The highest BCUT2D eigenvalue weighted by atomic mass is 32.2. The number of amides is 1. The quantitative estimate of drug-likeness (QED) is 0.544. The van der Waals surface area contributed by atoms with Crippen LogP contribution in [0.3, 0.4) is 0 Å². The Morgan fingerprint density at radius 3 is 2.56 bits per heavy atom. The average molecular weight is 460 g/mol. The number of hydrogen-bond acceptors (Lipinski definition) is 3. The predicted octanol–water partition coefficient (Wildman–Crippen LogP) is 4.24. The van der Waals surface area contributed by atoms with Gasteiger partial charge >= 0.3 is 0 Å². The summed E-state index contributed by atoms with van der Waals surface area (Å²) in [5, 5.41) is 2.50. The summed E-state index contributed by atoms with van der Waals surface area (Å²) in [6.45, 7) is 0. The van der Waals surface area contributed by atoms with E-state index in [0.717, 1.165) is 17.7 Å². The van der Waals surface area contributed by atoms with Crippen molar-refractivity contribution in [2.45, 2.75) is 17.4 Å². The number of carbonyl (C=O) groups excluding carboxylic acids is 1. The maximum absolute atomic E-state index is 13.5. The van der Waals surface area contributed by atoms with Crippen LogP contribution in [0.5, 0.6) is 0 Å². The first-order valence-electron chi connectivity index (χ1n) is 9.58. The third kappa shape index (κ3) is 4.32. The van der Waals surface area contributed by atoms with E-state index < -0.39 is 33.5 Å². The van der Waals surface area contributed by atoms with Crippen LogP contribution in [-0.2, 0) is 23.4 Å².